The Morgan fingerprint density at radius 3 is 1.60 bits per heavy atom. The van der Waals surface area contributed by atoms with Crippen LogP contribution in [0.1, 0.15) is 17.5 Å². The summed E-state index contributed by atoms with van der Waals surface area (Å²) < 4.78 is 26.6. The molecule has 0 aliphatic rings. The van der Waals surface area contributed by atoms with Gasteiger partial charge in [0.15, 0.2) is 0 Å². The molecule has 0 fully saturated rings. The zero-order valence-corrected chi connectivity index (χ0v) is 12.9. The first-order chi connectivity index (χ1) is 12.1. The highest BCUT2D eigenvalue weighted by molar-refractivity contribution is 5.97. The van der Waals surface area contributed by atoms with Crippen LogP contribution in [-0.4, -0.2) is 24.2 Å². The summed E-state index contributed by atoms with van der Waals surface area (Å²) in [5.41, 5.74) is 4.59. The summed E-state index contributed by atoms with van der Waals surface area (Å²) in [6.07, 6.45) is 1.71. The molecular weight excluding hydrogens is 330 g/mol. The lowest BCUT2D eigenvalue weighted by atomic mass is 10.2. The molecule has 2 N–H and O–H groups in total. The lowest BCUT2D eigenvalue weighted by Gasteiger charge is -2.00. The van der Waals surface area contributed by atoms with Crippen molar-refractivity contribution < 1.29 is 18.4 Å². The van der Waals surface area contributed by atoms with E-state index in [0.717, 1.165) is 12.4 Å². The Kier molecular flexibility index (Phi) is 6.47. The molecule has 8 heteroatoms. The van der Waals surface area contributed by atoms with E-state index in [1.54, 1.807) is 12.1 Å². The SMILES string of the molecule is O=C(CC(=O)N/N=C\c1ccccc1F)N/N=C\c1ccccc1F. The predicted octanol–water partition coefficient (Wildman–Crippen LogP) is 1.96. The van der Waals surface area contributed by atoms with Crippen molar-refractivity contribution in [3.05, 3.63) is 71.3 Å². The third-order valence-electron chi connectivity index (χ3n) is 2.92. The number of hydrogen-bond donors (Lipinski definition) is 2. The molecule has 2 aromatic carbocycles. The van der Waals surface area contributed by atoms with Crippen molar-refractivity contribution in [1.29, 1.82) is 0 Å². The highest BCUT2D eigenvalue weighted by atomic mass is 19.1. The van der Waals surface area contributed by atoms with Gasteiger partial charge in [-0.2, -0.15) is 10.2 Å². The first-order valence-corrected chi connectivity index (χ1v) is 7.19. The molecule has 2 rings (SSSR count). The Labute approximate surface area is 142 Å². The number of carbonyl (C=O) groups excluding carboxylic acids is 2. The van der Waals surface area contributed by atoms with Crippen LogP contribution in [0.3, 0.4) is 0 Å². The number of nitrogens with one attached hydrogen (secondary N) is 2. The third kappa shape index (κ3) is 5.94. The van der Waals surface area contributed by atoms with E-state index < -0.39 is 29.9 Å². The van der Waals surface area contributed by atoms with Gasteiger partial charge in [0.2, 0.25) is 11.8 Å². The highest BCUT2D eigenvalue weighted by Crippen LogP contribution is 2.03. The first-order valence-electron chi connectivity index (χ1n) is 7.19. The fraction of sp³-hybridized carbons (Fsp3) is 0.0588. The molecule has 0 saturated heterocycles. The van der Waals surface area contributed by atoms with Crippen LogP contribution in [0.5, 0.6) is 0 Å². The first kappa shape index (κ1) is 17.9. The van der Waals surface area contributed by atoms with Gasteiger partial charge in [0.1, 0.15) is 18.1 Å². The maximum absolute atomic E-state index is 13.3. The van der Waals surface area contributed by atoms with E-state index >= 15 is 0 Å². The Morgan fingerprint density at radius 1 is 0.800 bits per heavy atom. The molecule has 0 saturated carbocycles. The van der Waals surface area contributed by atoms with Crippen molar-refractivity contribution in [2.24, 2.45) is 10.2 Å². The Bertz CT molecular complexity index is 754. The maximum Gasteiger partial charge on any atom is 0.249 e. The van der Waals surface area contributed by atoms with Crippen molar-refractivity contribution in [3.63, 3.8) is 0 Å². The van der Waals surface area contributed by atoms with Gasteiger partial charge in [0.05, 0.1) is 12.4 Å². The van der Waals surface area contributed by atoms with Crippen LogP contribution in [0, 0.1) is 11.6 Å². The molecular formula is C17H14F2N4O2. The van der Waals surface area contributed by atoms with Crippen LogP contribution in [0.15, 0.2) is 58.7 Å². The molecule has 0 aliphatic heterocycles. The van der Waals surface area contributed by atoms with Crippen LogP contribution in [-0.2, 0) is 9.59 Å². The molecule has 0 aromatic heterocycles. The minimum atomic E-state index is -0.703. The van der Waals surface area contributed by atoms with Gasteiger partial charge in [-0.3, -0.25) is 9.59 Å². The van der Waals surface area contributed by atoms with Crippen LogP contribution in [0.25, 0.3) is 0 Å². The quantitative estimate of drug-likeness (QED) is 0.477. The average Bonchev–Trinajstić information content (AvgIpc) is 2.58. The summed E-state index contributed by atoms with van der Waals surface area (Å²) in [5, 5.41) is 7.12. The maximum atomic E-state index is 13.3. The minimum absolute atomic E-state index is 0.196. The number of amides is 2. The van der Waals surface area contributed by atoms with Gasteiger partial charge in [0.25, 0.3) is 0 Å². The molecule has 0 aliphatic carbocycles. The van der Waals surface area contributed by atoms with Gasteiger partial charge in [0, 0.05) is 11.1 Å². The molecule has 0 radical (unpaired) electrons. The third-order valence-corrected chi connectivity index (χ3v) is 2.92. The van der Waals surface area contributed by atoms with E-state index in [0.29, 0.717) is 0 Å². The summed E-state index contributed by atoms with van der Waals surface area (Å²) in [7, 11) is 0. The number of rotatable bonds is 6. The number of hydrogen-bond acceptors (Lipinski definition) is 4. The van der Waals surface area contributed by atoms with E-state index in [1.165, 1.54) is 36.4 Å². The topological polar surface area (TPSA) is 82.9 Å². The van der Waals surface area contributed by atoms with Crippen molar-refractivity contribution in [1.82, 2.24) is 10.9 Å². The van der Waals surface area contributed by atoms with Gasteiger partial charge < -0.3 is 0 Å². The molecule has 0 heterocycles. The Hall–Kier alpha value is -3.42. The number of benzene rings is 2. The van der Waals surface area contributed by atoms with Crippen LogP contribution >= 0.6 is 0 Å². The molecule has 0 spiro atoms. The zero-order valence-electron chi connectivity index (χ0n) is 12.9. The summed E-state index contributed by atoms with van der Waals surface area (Å²) in [6, 6.07) is 11.8. The van der Waals surface area contributed by atoms with Crippen molar-refractivity contribution >= 4 is 24.2 Å². The lowest BCUT2D eigenvalue weighted by Crippen LogP contribution is -2.27. The normalized spacial score (nSPS) is 11.0. The largest absolute Gasteiger partial charge is 0.273 e. The van der Waals surface area contributed by atoms with Gasteiger partial charge >= 0.3 is 0 Å². The molecule has 2 aromatic rings. The molecule has 25 heavy (non-hydrogen) atoms. The molecule has 0 atom stereocenters. The summed E-state index contributed by atoms with van der Waals surface area (Å²) in [4.78, 5) is 23.0. The van der Waals surface area contributed by atoms with Gasteiger partial charge in [-0.15, -0.1) is 0 Å². The number of halogens is 2. The molecule has 128 valence electrons. The van der Waals surface area contributed by atoms with Crippen molar-refractivity contribution in [2.75, 3.05) is 0 Å². The summed E-state index contributed by atoms with van der Waals surface area (Å²) in [6.45, 7) is 0. The minimum Gasteiger partial charge on any atom is -0.273 e. The zero-order chi connectivity index (χ0) is 18.1. The average molecular weight is 344 g/mol. The molecule has 6 nitrogen and oxygen atoms in total. The number of hydrazone groups is 2. The van der Waals surface area contributed by atoms with Crippen LogP contribution in [0.2, 0.25) is 0 Å². The number of nitrogens with zero attached hydrogens (tertiary/aromatic N) is 2. The van der Waals surface area contributed by atoms with E-state index in [4.69, 9.17) is 0 Å². The second-order valence-electron chi connectivity index (χ2n) is 4.81. The van der Waals surface area contributed by atoms with Crippen molar-refractivity contribution in [2.45, 2.75) is 6.42 Å². The van der Waals surface area contributed by atoms with E-state index in [2.05, 4.69) is 21.1 Å². The fourth-order valence-corrected chi connectivity index (χ4v) is 1.73. The molecule has 2 amide bonds. The Balaban J connectivity index is 1.77. The van der Waals surface area contributed by atoms with E-state index in [1.807, 2.05) is 0 Å². The van der Waals surface area contributed by atoms with Crippen LogP contribution < -0.4 is 10.9 Å². The Morgan fingerprint density at radius 2 is 1.20 bits per heavy atom. The summed E-state index contributed by atoms with van der Waals surface area (Å²) in [5.74, 6) is -2.38. The second-order valence-corrected chi connectivity index (χ2v) is 4.81. The fourth-order valence-electron chi connectivity index (χ4n) is 1.73. The van der Waals surface area contributed by atoms with Gasteiger partial charge in [-0.1, -0.05) is 36.4 Å². The van der Waals surface area contributed by atoms with Gasteiger partial charge in [-0.05, 0) is 12.1 Å². The second kappa shape index (κ2) is 9.02. The van der Waals surface area contributed by atoms with Crippen LogP contribution in [0.4, 0.5) is 8.78 Å². The standard InChI is InChI=1S/C17H14F2N4O2/c18-14-7-3-1-5-12(14)10-20-22-16(24)9-17(25)23-21-11-13-6-2-4-8-15(13)19/h1-8,10-11H,9H2,(H,22,24)(H,23,25)/b20-10-,21-11-. The summed E-state index contributed by atoms with van der Waals surface area (Å²) >= 11 is 0. The van der Waals surface area contributed by atoms with Crippen molar-refractivity contribution in [3.8, 4) is 0 Å². The number of carbonyl (C=O) groups is 2. The van der Waals surface area contributed by atoms with Gasteiger partial charge in [-0.25, -0.2) is 19.6 Å². The lowest BCUT2D eigenvalue weighted by molar-refractivity contribution is -0.129. The molecule has 0 unspecified atom stereocenters. The monoisotopic (exact) mass is 344 g/mol. The predicted molar refractivity (Wildman–Crippen MR) is 88.9 cm³/mol. The smallest absolute Gasteiger partial charge is 0.249 e. The highest BCUT2D eigenvalue weighted by Gasteiger charge is 2.07. The van der Waals surface area contributed by atoms with E-state index in [9.17, 15) is 18.4 Å². The van der Waals surface area contributed by atoms with E-state index in [-0.39, 0.29) is 11.1 Å². The molecule has 0 bridgehead atoms.